The summed E-state index contributed by atoms with van der Waals surface area (Å²) in [5.74, 6) is 7.90. The summed E-state index contributed by atoms with van der Waals surface area (Å²) < 4.78 is 0. The average molecular weight is 264 g/mol. The second-order valence-corrected chi connectivity index (χ2v) is 6.48. The predicted octanol–water partition coefficient (Wildman–Crippen LogP) is 3.09. The van der Waals surface area contributed by atoms with Crippen molar-refractivity contribution in [3.63, 3.8) is 0 Å². The molecule has 2 nitrogen and oxygen atoms in total. The fraction of sp³-hybridized carbons (Fsp3) is 0.882. The molecular weight excluding hydrogens is 232 g/mol. The largest absolute Gasteiger partial charge is 0.301 e. The second kappa shape index (κ2) is 9.39. The highest BCUT2D eigenvalue weighted by atomic mass is 15.3. The highest BCUT2D eigenvalue weighted by Gasteiger charge is 2.15. The van der Waals surface area contributed by atoms with Gasteiger partial charge in [-0.3, -0.25) is 4.90 Å². The smallest absolute Gasteiger partial charge is 0.0602 e. The molecule has 0 aliphatic carbocycles. The molecule has 1 fully saturated rings. The van der Waals surface area contributed by atoms with Crippen LogP contribution < -0.4 is 0 Å². The molecule has 19 heavy (non-hydrogen) atoms. The van der Waals surface area contributed by atoms with Crippen LogP contribution in [0.2, 0.25) is 0 Å². The molecule has 1 saturated heterocycles. The first kappa shape index (κ1) is 16.5. The van der Waals surface area contributed by atoms with E-state index in [0.717, 1.165) is 12.5 Å². The summed E-state index contributed by atoms with van der Waals surface area (Å²) in [5, 5.41) is 0. The van der Waals surface area contributed by atoms with Gasteiger partial charge in [0.25, 0.3) is 0 Å². The van der Waals surface area contributed by atoms with Crippen molar-refractivity contribution >= 4 is 0 Å². The zero-order valence-electron chi connectivity index (χ0n) is 13.4. The van der Waals surface area contributed by atoms with Crippen molar-refractivity contribution in [1.82, 2.24) is 9.80 Å². The van der Waals surface area contributed by atoms with Gasteiger partial charge in [-0.25, -0.2) is 0 Å². The Hall–Kier alpha value is -0.520. The van der Waals surface area contributed by atoms with Gasteiger partial charge in [0.15, 0.2) is 0 Å². The molecule has 0 aromatic rings. The van der Waals surface area contributed by atoms with E-state index < -0.39 is 0 Å². The topological polar surface area (TPSA) is 6.48 Å². The lowest BCUT2D eigenvalue weighted by Gasteiger charge is -2.33. The Morgan fingerprint density at radius 1 is 0.895 bits per heavy atom. The maximum absolute atomic E-state index is 3.29. The Morgan fingerprint density at radius 3 is 2.11 bits per heavy atom. The highest BCUT2D eigenvalue weighted by molar-refractivity contribution is 5.03. The molecule has 1 aliphatic heterocycles. The molecule has 0 radical (unpaired) electrons. The normalized spacial score (nSPS) is 17.8. The predicted molar refractivity (Wildman–Crippen MR) is 84.2 cm³/mol. The standard InChI is InChI=1S/C17H32N2/c1-16(2)8-5-6-10-18-12-14-19(15-13-18)11-7-9-17(3)4/h16-17H,5-6,8,10-15H2,1-4H3. The van der Waals surface area contributed by atoms with E-state index >= 15 is 0 Å². The molecule has 0 aromatic carbocycles. The highest BCUT2D eigenvalue weighted by Crippen LogP contribution is 2.08. The van der Waals surface area contributed by atoms with Crippen molar-refractivity contribution in [2.75, 3.05) is 39.3 Å². The minimum Gasteiger partial charge on any atom is -0.301 e. The first-order valence-electron chi connectivity index (χ1n) is 8.01. The number of rotatable bonds is 6. The fourth-order valence-electron chi connectivity index (χ4n) is 2.42. The first-order valence-corrected chi connectivity index (χ1v) is 8.01. The lowest BCUT2D eigenvalue weighted by atomic mass is 10.1. The van der Waals surface area contributed by atoms with E-state index in [9.17, 15) is 0 Å². The van der Waals surface area contributed by atoms with Gasteiger partial charge in [-0.05, 0) is 18.9 Å². The van der Waals surface area contributed by atoms with E-state index in [-0.39, 0.29) is 0 Å². The van der Waals surface area contributed by atoms with Crippen molar-refractivity contribution in [3.8, 4) is 11.8 Å². The van der Waals surface area contributed by atoms with Gasteiger partial charge in [-0.2, -0.15) is 0 Å². The van der Waals surface area contributed by atoms with Crippen LogP contribution in [0.15, 0.2) is 0 Å². The lowest BCUT2D eigenvalue weighted by Crippen LogP contribution is -2.46. The minimum absolute atomic E-state index is 0.502. The van der Waals surface area contributed by atoms with Crippen LogP contribution in [0.4, 0.5) is 0 Å². The molecule has 1 heterocycles. The maximum atomic E-state index is 3.29. The van der Waals surface area contributed by atoms with E-state index in [2.05, 4.69) is 49.3 Å². The summed E-state index contributed by atoms with van der Waals surface area (Å²) in [5.41, 5.74) is 0. The monoisotopic (exact) mass is 264 g/mol. The van der Waals surface area contributed by atoms with Crippen LogP contribution in [0.3, 0.4) is 0 Å². The van der Waals surface area contributed by atoms with Crippen LogP contribution in [0.1, 0.15) is 47.0 Å². The molecule has 0 atom stereocenters. The van der Waals surface area contributed by atoms with E-state index in [1.807, 2.05) is 0 Å². The zero-order chi connectivity index (χ0) is 14.1. The van der Waals surface area contributed by atoms with Crippen LogP contribution in [-0.4, -0.2) is 49.1 Å². The quantitative estimate of drug-likeness (QED) is 0.537. The number of unbranched alkanes of at least 4 members (excludes halogenated alkanes) is 1. The van der Waals surface area contributed by atoms with Crippen molar-refractivity contribution in [3.05, 3.63) is 0 Å². The van der Waals surface area contributed by atoms with E-state index in [4.69, 9.17) is 0 Å². The molecule has 0 bridgehead atoms. The number of hydrogen-bond acceptors (Lipinski definition) is 2. The molecule has 2 heteroatoms. The molecule has 1 rings (SSSR count). The Bertz CT molecular complexity index is 277. The fourth-order valence-corrected chi connectivity index (χ4v) is 2.42. The van der Waals surface area contributed by atoms with Gasteiger partial charge >= 0.3 is 0 Å². The Kier molecular flexibility index (Phi) is 8.18. The van der Waals surface area contributed by atoms with Crippen LogP contribution in [-0.2, 0) is 0 Å². The van der Waals surface area contributed by atoms with Crippen molar-refractivity contribution in [2.45, 2.75) is 47.0 Å². The van der Waals surface area contributed by atoms with Gasteiger partial charge in [0.2, 0.25) is 0 Å². The van der Waals surface area contributed by atoms with E-state index in [1.165, 1.54) is 52.0 Å². The SMILES string of the molecule is CC(C)C#CCN1CCN(CCCCC(C)C)CC1. The molecule has 0 spiro atoms. The van der Waals surface area contributed by atoms with Crippen molar-refractivity contribution in [2.24, 2.45) is 11.8 Å². The summed E-state index contributed by atoms with van der Waals surface area (Å²) in [6.07, 6.45) is 4.13. The van der Waals surface area contributed by atoms with Gasteiger partial charge in [0.1, 0.15) is 0 Å². The molecular formula is C17H32N2. The molecule has 0 aromatic heterocycles. The third-order valence-corrected chi connectivity index (χ3v) is 3.66. The minimum atomic E-state index is 0.502. The molecule has 0 N–H and O–H groups in total. The lowest BCUT2D eigenvalue weighted by molar-refractivity contribution is 0.142. The van der Waals surface area contributed by atoms with Gasteiger partial charge in [-0.15, -0.1) is 0 Å². The number of nitrogens with zero attached hydrogens (tertiary/aromatic N) is 2. The number of hydrogen-bond donors (Lipinski definition) is 0. The summed E-state index contributed by atoms with van der Waals surface area (Å²) in [4.78, 5) is 5.10. The third kappa shape index (κ3) is 8.29. The van der Waals surface area contributed by atoms with Gasteiger partial charge in [-0.1, -0.05) is 52.4 Å². The van der Waals surface area contributed by atoms with Crippen LogP contribution in [0.5, 0.6) is 0 Å². The molecule has 0 unspecified atom stereocenters. The molecule has 0 amide bonds. The summed E-state index contributed by atoms with van der Waals surface area (Å²) in [6.45, 7) is 16.0. The van der Waals surface area contributed by atoms with E-state index in [1.54, 1.807) is 0 Å². The van der Waals surface area contributed by atoms with Crippen LogP contribution in [0.25, 0.3) is 0 Å². The van der Waals surface area contributed by atoms with Gasteiger partial charge < -0.3 is 4.90 Å². The Labute approximate surface area is 120 Å². The maximum Gasteiger partial charge on any atom is 0.0602 e. The summed E-state index contributed by atoms with van der Waals surface area (Å²) in [7, 11) is 0. The molecule has 1 aliphatic rings. The number of piperazine rings is 1. The van der Waals surface area contributed by atoms with Crippen LogP contribution >= 0.6 is 0 Å². The molecule has 110 valence electrons. The van der Waals surface area contributed by atoms with Crippen molar-refractivity contribution < 1.29 is 0 Å². The third-order valence-electron chi connectivity index (χ3n) is 3.66. The van der Waals surface area contributed by atoms with Gasteiger partial charge in [0.05, 0.1) is 6.54 Å². The zero-order valence-corrected chi connectivity index (χ0v) is 13.4. The van der Waals surface area contributed by atoms with Crippen LogP contribution in [0, 0.1) is 23.7 Å². The Balaban J connectivity index is 2.07. The van der Waals surface area contributed by atoms with Crippen molar-refractivity contribution in [1.29, 1.82) is 0 Å². The molecule has 0 saturated carbocycles. The summed E-state index contributed by atoms with van der Waals surface area (Å²) >= 11 is 0. The first-order chi connectivity index (χ1) is 9.08. The second-order valence-electron chi connectivity index (χ2n) is 6.48. The Morgan fingerprint density at radius 2 is 1.53 bits per heavy atom. The summed E-state index contributed by atoms with van der Waals surface area (Å²) in [6, 6.07) is 0. The van der Waals surface area contributed by atoms with Gasteiger partial charge in [0, 0.05) is 32.1 Å². The van der Waals surface area contributed by atoms with E-state index in [0.29, 0.717) is 5.92 Å². The average Bonchev–Trinajstić information content (AvgIpc) is 2.36.